The Bertz CT molecular complexity index is 1190. The van der Waals surface area contributed by atoms with E-state index in [2.05, 4.69) is 10.3 Å². The average Bonchev–Trinajstić information content (AvgIpc) is 3.23. The number of nitrogens with one attached hydrogen (secondary N) is 1. The molecule has 10 heteroatoms. The van der Waals surface area contributed by atoms with E-state index in [1.807, 2.05) is 55.4 Å². The van der Waals surface area contributed by atoms with Gasteiger partial charge in [-0.3, -0.25) is 14.5 Å². The number of esters is 1. The van der Waals surface area contributed by atoms with E-state index in [0.717, 1.165) is 11.3 Å². The van der Waals surface area contributed by atoms with Gasteiger partial charge in [0, 0.05) is 33.4 Å². The quantitative estimate of drug-likeness (QED) is 0.540. The van der Waals surface area contributed by atoms with Gasteiger partial charge in [-0.25, -0.2) is 9.78 Å². The van der Waals surface area contributed by atoms with E-state index in [9.17, 15) is 14.7 Å². The van der Waals surface area contributed by atoms with Crippen molar-refractivity contribution in [1.29, 1.82) is 0 Å². The number of anilines is 2. The van der Waals surface area contributed by atoms with Gasteiger partial charge in [0.15, 0.2) is 17.7 Å². The third-order valence-electron chi connectivity index (χ3n) is 5.25. The lowest BCUT2D eigenvalue weighted by atomic mass is 10.2. The molecule has 2 aromatic heterocycles. The van der Waals surface area contributed by atoms with E-state index in [1.165, 1.54) is 11.5 Å². The molecule has 10 nitrogen and oxygen atoms in total. The maximum Gasteiger partial charge on any atom is 0.360 e. The van der Waals surface area contributed by atoms with Crippen LogP contribution < -0.4 is 25.4 Å². The summed E-state index contributed by atoms with van der Waals surface area (Å²) in [4.78, 5) is 34.0. The maximum atomic E-state index is 13.5. The highest BCUT2D eigenvalue weighted by molar-refractivity contribution is 5.91. The van der Waals surface area contributed by atoms with Crippen LogP contribution in [0.5, 0.6) is 5.75 Å². The summed E-state index contributed by atoms with van der Waals surface area (Å²) in [6, 6.07) is 11.1. The van der Waals surface area contributed by atoms with E-state index in [1.54, 1.807) is 11.1 Å². The zero-order chi connectivity index (χ0) is 22.8. The highest BCUT2D eigenvalue weighted by atomic mass is 16.5. The number of fused-ring (bicyclic) bond motifs is 1. The number of ether oxygens (including phenoxy) is 2. The summed E-state index contributed by atoms with van der Waals surface area (Å²) in [5, 5.41) is 13.3. The molecule has 0 saturated carbocycles. The Morgan fingerprint density at radius 2 is 2.06 bits per heavy atom. The molecule has 1 fully saturated rings. The summed E-state index contributed by atoms with van der Waals surface area (Å²) in [6.07, 6.45) is 0.684. The number of pyridine rings is 1. The minimum atomic E-state index is -0.941. The molecular weight excluding hydrogens is 414 g/mol. The first-order valence-electron chi connectivity index (χ1n) is 10.1. The first-order chi connectivity index (χ1) is 15.4. The van der Waals surface area contributed by atoms with Gasteiger partial charge in [-0.15, -0.1) is 0 Å². The van der Waals surface area contributed by atoms with Crippen LogP contribution in [0.3, 0.4) is 0 Å². The number of hydrogen-bond acceptors (Lipinski definition) is 9. The van der Waals surface area contributed by atoms with Crippen molar-refractivity contribution in [3.05, 3.63) is 64.2 Å². The van der Waals surface area contributed by atoms with Gasteiger partial charge in [-0.05, 0) is 11.6 Å². The first-order valence-corrected chi connectivity index (χ1v) is 10.1. The van der Waals surface area contributed by atoms with E-state index >= 15 is 0 Å². The van der Waals surface area contributed by atoms with Crippen molar-refractivity contribution in [2.24, 2.45) is 0 Å². The van der Waals surface area contributed by atoms with Crippen LogP contribution in [-0.2, 0) is 11.3 Å². The topological polar surface area (TPSA) is 109 Å². The number of carbonyl (C=O) groups excluding carboxylic acids is 1. The Morgan fingerprint density at radius 1 is 1.31 bits per heavy atom. The molecule has 0 spiro atoms. The second kappa shape index (κ2) is 8.85. The van der Waals surface area contributed by atoms with E-state index in [0.29, 0.717) is 18.8 Å². The van der Waals surface area contributed by atoms with Crippen molar-refractivity contribution in [1.82, 2.24) is 14.7 Å². The molecule has 0 aliphatic carbocycles. The Kier molecular flexibility index (Phi) is 5.97. The molecule has 1 aliphatic rings. The number of nitrogens with zero attached hydrogens (tertiary/aromatic N) is 4. The smallest absolute Gasteiger partial charge is 0.360 e. The number of carbonyl (C=O) groups is 1. The molecule has 1 aliphatic heterocycles. The molecule has 4 rings (SSSR count). The molecule has 0 radical (unpaired) electrons. The highest BCUT2D eigenvalue weighted by Crippen LogP contribution is 2.29. The van der Waals surface area contributed by atoms with Gasteiger partial charge in [0.05, 0.1) is 18.5 Å². The van der Waals surface area contributed by atoms with Crippen LogP contribution >= 0.6 is 0 Å². The van der Waals surface area contributed by atoms with Crippen LogP contribution in [-0.4, -0.2) is 61.1 Å². The predicted octanol–water partition coefficient (Wildman–Crippen LogP) is 0.812. The summed E-state index contributed by atoms with van der Waals surface area (Å²) in [5.41, 5.74) is 1.52. The van der Waals surface area contributed by atoms with Crippen molar-refractivity contribution in [3.8, 4) is 5.75 Å². The molecule has 1 saturated heterocycles. The first kappa shape index (κ1) is 21.6. The van der Waals surface area contributed by atoms with Crippen molar-refractivity contribution in [3.63, 3.8) is 0 Å². The fourth-order valence-electron chi connectivity index (χ4n) is 3.54. The van der Waals surface area contributed by atoms with Gasteiger partial charge in [-0.1, -0.05) is 30.3 Å². The van der Waals surface area contributed by atoms with Gasteiger partial charge in [0.2, 0.25) is 5.75 Å². The van der Waals surface area contributed by atoms with Gasteiger partial charge in [0.25, 0.3) is 0 Å². The average molecular weight is 439 g/mol. The second-order valence-electron chi connectivity index (χ2n) is 7.55. The van der Waals surface area contributed by atoms with E-state index in [4.69, 9.17) is 9.47 Å². The zero-order valence-corrected chi connectivity index (χ0v) is 18.1. The number of rotatable bonds is 6. The molecular formula is C22H25N5O5. The Morgan fingerprint density at radius 3 is 2.69 bits per heavy atom. The fourth-order valence-corrected chi connectivity index (χ4v) is 3.54. The number of aliphatic hydroxyl groups excluding tert-OH is 1. The zero-order valence-electron chi connectivity index (χ0n) is 18.1. The third kappa shape index (κ3) is 3.97. The normalized spacial score (nSPS) is 15.8. The lowest BCUT2D eigenvalue weighted by Crippen LogP contribution is -2.36. The van der Waals surface area contributed by atoms with Crippen molar-refractivity contribution in [2.75, 3.05) is 44.1 Å². The molecule has 2 N–H and O–H groups in total. The molecule has 0 bridgehead atoms. The molecule has 1 unspecified atom stereocenters. The van der Waals surface area contributed by atoms with Crippen molar-refractivity contribution >= 4 is 23.0 Å². The lowest BCUT2D eigenvalue weighted by Gasteiger charge is -2.25. The lowest BCUT2D eigenvalue weighted by molar-refractivity contribution is 0.0588. The maximum absolute atomic E-state index is 13.5. The third-order valence-corrected chi connectivity index (χ3v) is 5.25. The number of methoxy groups -OCH3 is 1. The molecule has 1 aromatic carbocycles. The van der Waals surface area contributed by atoms with Crippen LogP contribution in [0, 0.1) is 0 Å². The van der Waals surface area contributed by atoms with Crippen molar-refractivity contribution < 1.29 is 19.4 Å². The molecule has 3 heterocycles. The van der Waals surface area contributed by atoms with Crippen molar-refractivity contribution in [2.45, 2.75) is 13.0 Å². The highest BCUT2D eigenvalue weighted by Gasteiger charge is 2.28. The molecule has 0 amide bonds. The Balaban J connectivity index is 1.92. The van der Waals surface area contributed by atoms with Crippen LogP contribution in [0.1, 0.15) is 16.1 Å². The minimum absolute atomic E-state index is 0.0861. The fraction of sp³-hybridized carbons (Fsp3) is 0.318. The van der Waals surface area contributed by atoms with Gasteiger partial charge >= 0.3 is 11.5 Å². The standard InChI is InChI=1S/C22H25N5O5/c1-25(2)15-11-16(26-10-9-23-22(26)30)19-24-17(21(29)31-3)18(20(28)27(19)12-15)32-13-14-7-5-4-6-8-14/h4-8,11-12,22-23,30H,9-10,13H2,1-3H3. The SMILES string of the molecule is COC(=O)c1nc2c(N3CCNC3O)cc(N(C)C)cn2c(=O)c1OCc1ccccc1. The summed E-state index contributed by atoms with van der Waals surface area (Å²) in [6.45, 7) is 1.15. The summed E-state index contributed by atoms with van der Waals surface area (Å²) < 4.78 is 12.0. The minimum Gasteiger partial charge on any atom is -0.481 e. The summed E-state index contributed by atoms with van der Waals surface area (Å²) in [7, 11) is 4.91. The monoisotopic (exact) mass is 439 g/mol. The largest absolute Gasteiger partial charge is 0.481 e. The van der Waals surface area contributed by atoms with Gasteiger partial charge in [-0.2, -0.15) is 0 Å². The molecule has 3 aromatic rings. The van der Waals surface area contributed by atoms with Gasteiger partial charge in [0.1, 0.15) is 6.61 Å². The predicted molar refractivity (Wildman–Crippen MR) is 119 cm³/mol. The van der Waals surface area contributed by atoms with E-state index < -0.39 is 17.9 Å². The van der Waals surface area contributed by atoms with Crippen LogP contribution in [0.25, 0.3) is 5.65 Å². The van der Waals surface area contributed by atoms with Crippen LogP contribution in [0.15, 0.2) is 47.4 Å². The Hall–Kier alpha value is -3.63. The number of aromatic nitrogens is 2. The second-order valence-corrected chi connectivity index (χ2v) is 7.55. The van der Waals surface area contributed by atoms with E-state index in [-0.39, 0.29) is 23.7 Å². The number of hydrogen-bond donors (Lipinski definition) is 2. The number of benzene rings is 1. The van der Waals surface area contributed by atoms with Crippen LogP contribution in [0.2, 0.25) is 0 Å². The molecule has 32 heavy (non-hydrogen) atoms. The summed E-state index contributed by atoms with van der Waals surface area (Å²) >= 11 is 0. The molecule has 168 valence electrons. The Labute approximate surface area is 184 Å². The van der Waals surface area contributed by atoms with Crippen LogP contribution in [0.4, 0.5) is 11.4 Å². The number of aliphatic hydroxyl groups is 1. The summed E-state index contributed by atoms with van der Waals surface area (Å²) in [5.74, 6) is -0.976. The van der Waals surface area contributed by atoms with Gasteiger partial charge < -0.3 is 24.4 Å². The molecule has 1 atom stereocenters.